The minimum atomic E-state index is -3.48. The maximum Gasteiger partial charge on any atom is 0.235 e. The number of amides is 1. The zero-order valence-corrected chi connectivity index (χ0v) is 16.2. The van der Waals surface area contributed by atoms with E-state index >= 15 is 0 Å². The van der Waals surface area contributed by atoms with E-state index in [9.17, 15) is 13.2 Å². The zero-order chi connectivity index (χ0) is 16.2. The van der Waals surface area contributed by atoms with Gasteiger partial charge in [0, 0.05) is 9.35 Å². The lowest BCUT2D eigenvalue weighted by molar-refractivity contribution is -0.118. The summed E-state index contributed by atoms with van der Waals surface area (Å²) in [5, 5.41) is 2.63. The Bertz CT molecular complexity index is 755. The molecule has 0 radical (unpaired) electrons. The predicted octanol–water partition coefficient (Wildman–Crippen LogP) is 3.50. The molecule has 1 aromatic heterocycles. The van der Waals surface area contributed by atoms with Crippen molar-refractivity contribution in [3.05, 3.63) is 55.1 Å². The van der Waals surface area contributed by atoms with E-state index in [1.807, 2.05) is 12.1 Å². The molecule has 0 aliphatic rings. The number of carbonyl (C=O) groups excluding carboxylic acids is 1. The maximum absolute atomic E-state index is 12.0. The van der Waals surface area contributed by atoms with Crippen molar-refractivity contribution >= 4 is 58.9 Å². The topological polar surface area (TPSA) is 63.2 Å². The Kier molecular flexibility index (Phi) is 6.19. The number of rotatable bonds is 6. The Balaban J connectivity index is 1.87. The fraction of sp³-hybridized carbons (Fsp3) is 0.214. The second-order valence-electron chi connectivity index (χ2n) is 4.64. The van der Waals surface area contributed by atoms with Gasteiger partial charge in [0.1, 0.15) is 5.75 Å². The normalized spacial score (nSPS) is 11.4. The SMILES string of the molecule is O=C(CS(=O)(=O)Cc1ccc(Br)cc1)NCc1ccc(Br)s1. The number of carbonyl (C=O) groups is 1. The molecule has 0 aliphatic carbocycles. The highest BCUT2D eigenvalue weighted by molar-refractivity contribution is 9.11. The van der Waals surface area contributed by atoms with Gasteiger partial charge in [0.15, 0.2) is 9.84 Å². The van der Waals surface area contributed by atoms with E-state index < -0.39 is 21.5 Å². The van der Waals surface area contributed by atoms with E-state index in [1.165, 1.54) is 11.3 Å². The van der Waals surface area contributed by atoms with Crippen LogP contribution in [0.4, 0.5) is 0 Å². The monoisotopic (exact) mass is 465 g/mol. The first kappa shape index (κ1) is 17.7. The molecule has 2 rings (SSSR count). The summed E-state index contributed by atoms with van der Waals surface area (Å²) >= 11 is 8.13. The number of halogens is 2. The van der Waals surface area contributed by atoms with Crippen molar-refractivity contribution in [2.24, 2.45) is 0 Å². The van der Waals surface area contributed by atoms with Crippen molar-refractivity contribution in [3.63, 3.8) is 0 Å². The highest BCUT2D eigenvalue weighted by Gasteiger charge is 2.17. The molecule has 1 aromatic carbocycles. The van der Waals surface area contributed by atoms with Crippen LogP contribution < -0.4 is 5.32 Å². The molecule has 0 aliphatic heterocycles. The van der Waals surface area contributed by atoms with Crippen LogP contribution in [0.15, 0.2) is 44.7 Å². The van der Waals surface area contributed by atoms with E-state index in [0.717, 1.165) is 13.1 Å². The molecule has 0 fully saturated rings. The third-order valence-electron chi connectivity index (χ3n) is 2.74. The van der Waals surface area contributed by atoms with Gasteiger partial charge in [-0.25, -0.2) is 8.42 Å². The van der Waals surface area contributed by atoms with Gasteiger partial charge in [0.2, 0.25) is 5.91 Å². The molecule has 8 heteroatoms. The lowest BCUT2D eigenvalue weighted by Crippen LogP contribution is -2.30. The van der Waals surface area contributed by atoms with Gasteiger partial charge in [-0.2, -0.15) is 0 Å². The molecule has 0 atom stereocenters. The molecule has 2 aromatic rings. The van der Waals surface area contributed by atoms with Crippen molar-refractivity contribution in [1.29, 1.82) is 0 Å². The molecule has 1 heterocycles. The van der Waals surface area contributed by atoms with Crippen LogP contribution in [-0.4, -0.2) is 20.1 Å². The smallest absolute Gasteiger partial charge is 0.235 e. The predicted molar refractivity (Wildman–Crippen MR) is 95.5 cm³/mol. The maximum atomic E-state index is 12.0. The van der Waals surface area contributed by atoms with E-state index in [-0.39, 0.29) is 5.75 Å². The van der Waals surface area contributed by atoms with Crippen LogP contribution in [0.1, 0.15) is 10.4 Å². The number of thiophene rings is 1. The van der Waals surface area contributed by atoms with E-state index in [0.29, 0.717) is 12.1 Å². The second-order valence-corrected chi connectivity index (χ2v) is 10.2. The van der Waals surface area contributed by atoms with Crippen molar-refractivity contribution in [1.82, 2.24) is 5.32 Å². The number of hydrogen-bond donors (Lipinski definition) is 1. The zero-order valence-electron chi connectivity index (χ0n) is 11.4. The Hall–Kier alpha value is -0.700. The van der Waals surface area contributed by atoms with Crippen LogP contribution in [0, 0.1) is 0 Å². The minimum absolute atomic E-state index is 0.141. The quantitative estimate of drug-likeness (QED) is 0.708. The van der Waals surface area contributed by atoms with E-state index in [1.54, 1.807) is 24.3 Å². The fourth-order valence-electron chi connectivity index (χ4n) is 1.77. The number of hydrogen-bond acceptors (Lipinski definition) is 4. The van der Waals surface area contributed by atoms with Crippen molar-refractivity contribution < 1.29 is 13.2 Å². The van der Waals surface area contributed by atoms with Gasteiger partial charge in [-0.3, -0.25) is 4.79 Å². The van der Waals surface area contributed by atoms with Crippen molar-refractivity contribution in [2.75, 3.05) is 5.75 Å². The van der Waals surface area contributed by atoms with Crippen LogP contribution in [0.3, 0.4) is 0 Å². The van der Waals surface area contributed by atoms with Crippen molar-refractivity contribution in [3.8, 4) is 0 Å². The van der Waals surface area contributed by atoms with Gasteiger partial charge >= 0.3 is 0 Å². The van der Waals surface area contributed by atoms with E-state index in [4.69, 9.17) is 0 Å². The summed E-state index contributed by atoms with van der Waals surface area (Å²) in [6.07, 6.45) is 0. The third kappa shape index (κ3) is 5.83. The van der Waals surface area contributed by atoms with Gasteiger partial charge in [-0.1, -0.05) is 28.1 Å². The Morgan fingerprint density at radius 3 is 2.36 bits per heavy atom. The summed E-state index contributed by atoms with van der Waals surface area (Å²) in [5.41, 5.74) is 0.665. The molecule has 0 spiro atoms. The molecule has 1 amide bonds. The average Bonchev–Trinajstić information content (AvgIpc) is 2.84. The minimum Gasteiger partial charge on any atom is -0.350 e. The van der Waals surface area contributed by atoms with Gasteiger partial charge < -0.3 is 5.32 Å². The largest absolute Gasteiger partial charge is 0.350 e. The summed E-state index contributed by atoms with van der Waals surface area (Å²) in [6, 6.07) is 10.8. The first-order valence-corrected chi connectivity index (χ1v) is 10.5. The van der Waals surface area contributed by atoms with Crippen LogP contribution in [-0.2, 0) is 26.9 Å². The Morgan fingerprint density at radius 2 is 1.77 bits per heavy atom. The molecular weight excluding hydrogens is 454 g/mol. The molecule has 0 unspecified atom stereocenters. The molecular formula is C14H13Br2NO3S2. The van der Waals surface area contributed by atoms with Gasteiger partial charge in [0.05, 0.1) is 16.1 Å². The molecule has 118 valence electrons. The van der Waals surface area contributed by atoms with Crippen LogP contribution in [0.5, 0.6) is 0 Å². The highest BCUT2D eigenvalue weighted by Crippen LogP contribution is 2.21. The molecule has 1 N–H and O–H groups in total. The average molecular weight is 467 g/mol. The number of benzene rings is 1. The Labute approximate surface area is 150 Å². The molecule has 22 heavy (non-hydrogen) atoms. The van der Waals surface area contributed by atoms with Crippen molar-refractivity contribution in [2.45, 2.75) is 12.3 Å². The summed E-state index contributed by atoms with van der Waals surface area (Å²) < 4.78 is 25.9. The first-order chi connectivity index (χ1) is 10.3. The summed E-state index contributed by atoms with van der Waals surface area (Å²) in [5.74, 6) is -1.13. The molecule has 0 saturated carbocycles. The van der Waals surface area contributed by atoms with Gasteiger partial charge in [-0.15, -0.1) is 11.3 Å². The highest BCUT2D eigenvalue weighted by atomic mass is 79.9. The van der Waals surface area contributed by atoms with Crippen LogP contribution >= 0.6 is 43.2 Å². The molecule has 0 bridgehead atoms. The standard InChI is InChI=1S/C14H13Br2NO3S2/c15-11-3-1-10(2-4-11)8-22(19,20)9-14(18)17-7-12-5-6-13(16)21-12/h1-6H,7-9H2,(H,17,18). The Morgan fingerprint density at radius 1 is 1.09 bits per heavy atom. The number of nitrogens with one attached hydrogen (secondary N) is 1. The lowest BCUT2D eigenvalue weighted by Gasteiger charge is -2.06. The van der Waals surface area contributed by atoms with Gasteiger partial charge in [0.25, 0.3) is 0 Å². The lowest BCUT2D eigenvalue weighted by atomic mass is 10.2. The van der Waals surface area contributed by atoms with Gasteiger partial charge in [-0.05, 0) is 45.8 Å². The molecule has 4 nitrogen and oxygen atoms in total. The fourth-order valence-corrected chi connectivity index (χ4v) is 4.76. The first-order valence-electron chi connectivity index (χ1n) is 6.30. The summed E-state index contributed by atoms with van der Waals surface area (Å²) in [6.45, 7) is 0.336. The summed E-state index contributed by atoms with van der Waals surface area (Å²) in [7, 11) is -3.48. The third-order valence-corrected chi connectivity index (χ3v) is 6.37. The molecule has 0 saturated heterocycles. The van der Waals surface area contributed by atoms with Crippen LogP contribution in [0.25, 0.3) is 0 Å². The second kappa shape index (κ2) is 7.72. The van der Waals surface area contributed by atoms with Crippen LogP contribution in [0.2, 0.25) is 0 Å². The van der Waals surface area contributed by atoms with E-state index in [2.05, 4.69) is 37.2 Å². The number of sulfone groups is 1. The summed E-state index contributed by atoms with van der Waals surface area (Å²) in [4.78, 5) is 12.7.